The number of hydrogen-bond donors (Lipinski definition) is 2. The molecule has 280 valence electrons. The Morgan fingerprint density at radius 2 is 1.79 bits per heavy atom. The number of ether oxygens (including phenoxy) is 4. The number of halogens is 2. The molecule has 0 saturated carbocycles. The molecule has 0 bridgehead atoms. The van der Waals surface area contributed by atoms with Crippen LogP contribution in [0.15, 0.2) is 30.3 Å². The van der Waals surface area contributed by atoms with Crippen molar-refractivity contribution in [3.63, 3.8) is 0 Å². The van der Waals surface area contributed by atoms with Crippen LogP contribution in [0, 0.1) is 17.0 Å². The molecule has 2 aromatic carbocycles. The van der Waals surface area contributed by atoms with Crippen molar-refractivity contribution in [2.45, 2.75) is 90.2 Å². The normalized spacial score (nSPS) is 29.0. The Labute approximate surface area is 302 Å². The third-order valence-corrected chi connectivity index (χ3v) is 11.2. The molecule has 3 saturated heterocycles. The van der Waals surface area contributed by atoms with Crippen LogP contribution in [0.25, 0.3) is 32.9 Å². The second kappa shape index (κ2) is 14.1. The van der Waals surface area contributed by atoms with Gasteiger partial charge in [0.05, 0.1) is 45.7 Å². The van der Waals surface area contributed by atoms with Crippen LogP contribution < -0.4 is 14.4 Å². The highest BCUT2D eigenvalue weighted by molar-refractivity contribution is 6.02. The highest BCUT2D eigenvalue weighted by Gasteiger charge is 2.43. The zero-order valence-corrected chi connectivity index (χ0v) is 30.8. The van der Waals surface area contributed by atoms with Crippen LogP contribution in [0.2, 0.25) is 0 Å². The Bertz CT molecular complexity index is 1950. The van der Waals surface area contributed by atoms with Gasteiger partial charge in [-0.2, -0.15) is 9.97 Å². The molecular weight excluding hydrogens is 672 g/mol. The largest absolute Gasteiger partial charge is 0.508 e. The van der Waals surface area contributed by atoms with E-state index in [4.69, 9.17) is 23.9 Å². The number of aliphatic hydroxyl groups is 1. The van der Waals surface area contributed by atoms with E-state index in [-0.39, 0.29) is 101 Å². The first kappa shape index (κ1) is 36.4. The summed E-state index contributed by atoms with van der Waals surface area (Å²) in [4.78, 5) is 18.4. The molecule has 3 fully saturated rings. The Balaban J connectivity index is 1.33. The van der Waals surface area contributed by atoms with Gasteiger partial charge >= 0.3 is 6.01 Å². The standard InChI is InChI=1S/C39H49F2N5O6/c1-22-15-26(16-23(2)52-22)46-12-8-11-38(4,24(46)3)20-51-37-43-34-31(35(44-37)45-13-14-50-21-39(5,48)19-45)36(49-6)42-33(32(34)41)28-18-27(47)17-25-9-7-10-29(40)30(25)28/h7,9-10,17-18,22-24,26,47-48H,8,11-16,19-21H2,1-6H3/t22-,23+,24-,26?,38?,39-/m0/s1. The van der Waals surface area contributed by atoms with Crippen molar-refractivity contribution < 1.29 is 37.9 Å². The van der Waals surface area contributed by atoms with Crippen LogP contribution >= 0.6 is 0 Å². The number of nitrogens with zero attached hydrogens (tertiary/aromatic N) is 5. The molecule has 2 aromatic heterocycles. The van der Waals surface area contributed by atoms with E-state index in [0.717, 1.165) is 32.2 Å². The molecule has 0 aliphatic carbocycles. The summed E-state index contributed by atoms with van der Waals surface area (Å²) >= 11 is 0. The smallest absolute Gasteiger partial charge is 0.319 e. The number of hydrogen-bond acceptors (Lipinski definition) is 11. The van der Waals surface area contributed by atoms with Crippen molar-refractivity contribution in [2.24, 2.45) is 5.41 Å². The number of pyridine rings is 1. The molecule has 7 rings (SSSR count). The lowest BCUT2D eigenvalue weighted by Gasteiger charge is -2.51. The van der Waals surface area contributed by atoms with E-state index in [0.29, 0.717) is 18.0 Å². The molecule has 3 aliphatic rings. The van der Waals surface area contributed by atoms with Crippen molar-refractivity contribution in [1.29, 1.82) is 0 Å². The van der Waals surface area contributed by atoms with Gasteiger partial charge in [-0.15, -0.1) is 0 Å². The summed E-state index contributed by atoms with van der Waals surface area (Å²) < 4.78 is 56.4. The SMILES string of the molecule is COc1nc(-c2cc(O)cc3cccc(F)c23)c(F)c2nc(OCC3(C)CCCN(C4C[C@@H](C)O[C@@H](C)C4)[C@H]3C)nc(N3CCOC[C@@](C)(O)C3)c12. The summed E-state index contributed by atoms with van der Waals surface area (Å²) in [5.74, 6) is -1.37. The average molecular weight is 722 g/mol. The number of aromatic hydroxyl groups is 1. The van der Waals surface area contributed by atoms with Gasteiger partial charge in [-0.05, 0) is 83.5 Å². The van der Waals surface area contributed by atoms with E-state index < -0.39 is 17.2 Å². The number of anilines is 1. The van der Waals surface area contributed by atoms with Crippen LogP contribution in [-0.4, -0.2) is 107 Å². The molecule has 0 radical (unpaired) electrons. The van der Waals surface area contributed by atoms with Gasteiger partial charge in [0.25, 0.3) is 0 Å². The number of rotatable bonds is 7. The number of likely N-dealkylation sites (tertiary alicyclic amines) is 1. The van der Waals surface area contributed by atoms with Gasteiger partial charge in [-0.25, -0.2) is 13.8 Å². The summed E-state index contributed by atoms with van der Waals surface area (Å²) in [6.45, 7) is 12.5. The molecule has 2 N–H and O–H groups in total. The summed E-state index contributed by atoms with van der Waals surface area (Å²) in [5.41, 5.74) is -1.85. The summed E-state index contributed by atoms with van der Waals surface area (Å²) in [6.07, 6.45) is 4.27. The lowest BCUT2D eigenvalue weighted by Crippen LogP contribution is -2.57. The molecule has 5 heterocycles. The molecule has 52 heavy (non-hydrogen) atoms. The molecule has 0 spiro atoms. The minimum Gasteiger partial charge on any atom is -0.508 e. The second-order valence-electron chi connectivity index (χ2n) is 15.5. The predicted octanol–water partition coefficient (Wildman–Crippen LogP) is 6.25. The zero-order valence-electron chi connectivity index (χ0n) is 30.8. The van der Waals surface area contributed by atoms with Crippen molar-refractivity contribution in [2.75, 3.05) is 51.5 Å². The monoisotopic (exact) mass is 721 g/mol. The van der Waals surface area contributed by atoms with Gasteiger partial charge in [0.1, 0.15) is 39.6 Å². The highest BCUT2D eigenvalue weighted by atomic mass is 19.1. The molecule has 0 amide bonds. The maximum atomic E-state index is 17.1. The topological polar surface area (TPSA) is 123 Å². The Morgan fingerprint density at radius 1 is 1.02 bits per heavy atom. The Morgan fingerprint density at radius 3 is 2.54 bits per heavy atom. The zero-order chi connectivity index (χ0) is 36.9. The minimum absolute atomic E-state index is 0.00554. The van der Waals surface area contributed by atoms with Crippen LogP contribution in [0.5, 0.6) is 17.6 Å². The molecule has 2 unspecified atom stereocenters. The molecule has 11 nitrogen and oxygen atoms in total. The Kier molecular flexibility index (Phi) is 9.92. The highest BCUT2D eigenvalue weighted by Crippen LogP contribution is 2.43. The number of phenolic OH excluding ortho intramolecular Hbond substituents is 1. The maximum absolute atomic E-state index is 17.1. The molecule has 13 heteroatoms. The van der Waals surface area contributed by atoms with Gasteiger partial charge in [-0.3, -0.25) is 4.90 Å². The van der Waals surface area contributed by atoms with Crippen molar-refractivity contribution in [3.8, 4) is 28.9 Å². The van der Waals surface area contributed by atoms with Crippen molar-refractivity contribution >= 4 is 27.5 Å². The van der Waals surface area contributed by atoms with E-state index in [9.17, 15) is 10.2 Å². The molecule has 6 atom stereocenters. The minimum atomic E-state index is -1.24. The summed E-state index contributed by atoms with van der Waals surface area (Å²) in [5, 5.41) is 22.4. The van der Waals surface area contributed by atoms with Gasteiger partial charge < -0.3 is 34.1 Å². The first-order chi connectivity index (χ1) is 24.8. The van der Waals surface area contributed by atoms with Crippen LogP contribution in [0.1, 0.15) is 60.3 Å². The van der Waals surface area contributed by atoms with Gasteiger partial charge in [0, 0.05) is 35.0 Å². The maximum Gasteiger partial charge on any atom is 0.319 e. The fourth-order valence-electron chi connectivity index (χ4n) is 8.49. The number of aromatic nitrogens is 3. The lowest BCUT2D eigenvalue weighted by atomic mass is 9.74. The first-order valence-electron chi connectivity index (χ1n) is 18.2. The number of β-amino-alcohol motifs (C(OH)–C–C–N with tert-alkyl or cyclic N) is 1. The van der Waals surface area contributed by atoms with Gasteiger partial charge in [-0.1, -0.05) is 19.1 Å². The van der Waals surface area contributed by atoms with E-state index in [1.54, 1.807) is 17.9 Å². The van der Waals surface area contributed by atoms with E-state index in [1.807, 2.05) is 0 Å². The fourth-order valence-corrected chi connectivity index (χ4v) is 8.49. The fraction of sp³-hybridized carbons (Fsp3) is 0.564. The predicted molar refractivity (Wildman–Crippen MR) is 194 cm³/mol. The van der Waals surface area contributed by atoms with Crippen LogP contribution in [-0.2, 0) is 9.47 Å². The van der Waals surface area contributed by atoms with Crippen LogP contribution in [0.3, 0.4) is 0 Å². The third-order valence-electron chi connectivity index (χ3n) is 11.2. The number of fused-ring (bicyclic) bond motifs is 2. The van der Waals surface area contributed by atoms with Crippen molar-refractivity contribution in [3.05, 3.63) is 42.0 Å². The summed E-state index contributed by atoms with van der Waals surface area (Å²) in [6, 6.07) is 7.66. The van der Waals surface area contributed by atoms with Crippen LogP contribution in [0.4, 0.5) is 14.6 Å². The first-order valence-corrected chi connectivity index (χ1v) is 18.2. The quantitative estimate of drug-likeness (QED) is 0.225. The summed E-state index contributed by atoms with van der Waals surface area (Å²) in [7, 11) is 1.40. The lowest BCUT2D eigenvalue weighted by molar-refractivity contribution is -0.0967. The second-order valence-corrected chi connectivity index (χ2v) is 15.5. The Hall–Kier alpha value is -3.91. The van der Waals surface area contributed by atoms with Gasteiger partial charge in [0.15, 0.2) is 5.82 Å². The number of benzene rings is 2. The van der Waals surface area contributed by atoms with E-state index in [1.165, 1.54) is 31.4 Å². The average Bonchev–Trinajstić information content (AvgIpc) is 3.28. The molecule has 4 aromatic rings. The third kappa shape index (κ3) is 6.95. The number of piperidine rings is 1. The van der Waals surface area contributed by atoms with E-state index >= 15 is 8.78 Å². The number of methoxy groups -OCH3 is 1. The van der Waals surface area contributed by atoms with Gasteiger partial charge in [0.2, 0.25) is 5.88 Å². The molecular formula is C39H49F2N5O6. The van der Waals surface area contributed by atoms with Crippen molar-refractivity contribution in [1.82, 2.24) is 19.9 Å². The molecule has 3 aliphatic heterocycles. The van der Waals surface area contributed by atoms with E-state index in [2.05, 4.69) is 42.6 Å². The number of phenols is 1.